The van der Waals surface area contributed by atoms with Crippen molar-refractivity contribution >= 4 is 0 Å². The van der Waals surface area contributed by atoms with E-state index in [-0.39, 0.29) is 6.04 Å². The highest BCUT2D eigenvalue weighted by molar-refractivity contribution is 4.85. The highest BCUT2D eigenvalue weighted by atomic mass is 15.5. The molecule has 0 bridgehead atoms. The minimum absolute atomic E-state index is 0.134. The first-order chi connectivity index (χ1) is 5.61. The molecule has 0 aliphatic rings. The van der Waals surface area contributed by atoms with Crippen LogP contribution in [0, 0.1) is 5.92 Å². The van der Waals surface area contributed by atoms with E-state index in [1.807, 2.05) is 7.05 Å². The third-order valence-corrected chi connectivity index (χ3v) is 1.98. The molecule has 1 aromatic rings. The minimum atomic E-state index is 0.134. The SMILES string of the molecule is CC(C)C(N)Cc1nnnn1C. The molecule has 12 heavy (non-hydrogen) atoms. The Hall–Kier alpha value is -0.970. The van der Waals surface area contributed by atoms with E-state index < -0.39 is 0 Å². The van der Waals surface area contributed by atoms with Crippen molar-refractivity contribution in [1.82, 2.24) is 20.2 Å². The van der Waals surface area contributed by atoms with Crippen LogP contribution < -0.4 is 5.73 Å². The van der Waals surface area contributed by atoms with Crippen molar-refractivity contribution < 1.29 is 0 Å². The first-order valence-corrected chi connectivity index (χ1v) is 4.08. The number of tetrazole rings is 1. The normalized spacial score (nSPS) is 13.8. The van der Waals surface area contributed by atoms with Gasteiger partial charge in [0.2, 0.25) is 0 Å². The fraction of sp³-hybridized carbons (Fsp3) is 0.857. The number of rotatable bonds is 3. The Morgan fingerprint density at radius 3 is 2.58 bits per heavy atom. The zero-order chi connectivity index (χ0) is 9.14. The summed E-state index contributed by atoms with van der Waals surface area (Å²) in [4.78, 5) is 0. The summed E-state index contributed by atoms with van der Waals surface area (Å²) < 4.78 is 1.66. The minimum Gasteiger partial charge on any atom is -0.327 e. The topological polar surface area (TPSA) is 69.6 Å². The molecule has 5 nitrogen and oxygen atoms in total. The highest BCUT2D eigenvalue weighted by Crippen LogP contribution is 2.03. The van der Waals surface area contributed by atoms with Gasteiger partial charge >= 0.3 is 0 Å². The van der Waals surface area contributed by atoms with E-state index in [9.17, 15) is 0 Å². The number of nitrogens with zero attached hydrogens (tertiary/aromatic N) is 4. The summed E-state index contributed by atoms with van der Waals surface area (Å²) in [5.41, 5.74) is 5.87. The molecule has 0 saturated carbocycles. The fourth-order valence-corrected chi connectivity index (χ4v) is 0.867. The molecule has 0 amide bonds. The summed E-state index contributed by atoms with van der Waals surface area (Å²) >= 11 is 0. The van der Waals surface area contributed by atoms with Crippen LogP contribution in [0.5, 0.6) is 0 Å². The van der Waals surface area contributed by atoms with Crippen molar-refractivity contribution in [3.05, 3.63) is 5.82 Å². The van der Waals surface area contributed by atoms with Crippen LogP contribution in [0.2, 0.25) is 0 Å². The van der Waals surface area contributed by atoms with Gasteiger partial charge < -0.3 is 5.73 Å². The Bertz CT molecular complexity index is 242. The fourth-order valence-electron chi connectivity index (χ4n) is 0.867. The molecular formula is C7H15N5. The Balaban J connectivity index is 2.58. The maximum Gasteiger partial charge on any atom is 0.152 e. The summed E-state index contributed by atoms with van der Waals surface area (Å²) in [5.74, 6) is 1.30. The lowest BCUT2D eigenvalue weighted by atomic mass is 10.0. The smallest absolute Gasteiger partial charge is 0.152 e. The second-order valence-electron chi connectivity index (χ2n) is 3.33. The predicted octanol–water partition coefficient (Wildman–Crippen LogP) is -0.264. The van der Waals surface area contributed by atoms with Crippen LogP contribution in [0.1, 0.15) is 19.7 Å². The van der Waals surface area contributed by atoms with E-state index in [0.717, 1.165) is 12.2 Å². The number of hydrogen-bond donors (Lipinski definition) is 1. The van der Waals surface area contributed by atoms with E-state index in [2.05, 4.69) is 29.4 Å². The molecule has 0 spiro atoms. The molecule has 1 atom stereocenters. The highest BCUT2D eigenvalue weighted by Gasteiger charge is 2.12. The first-order valence-electron chi connectivity index (χ1n) is 4.08. The zero-order valence-electron chi connectivity index (χ0n) is 7.73. The quantitative estimate of drug-likeness (QED) is 0.676. The molecule has 0 fully saturated rings. The maximum absolute atomic E-state index is 5.87. The van der Waals surface area contributed by atoms with Crippen LogP contribution in [0.3, 0.4) is 0 Å². The van der Waals surface area contributed by atoms with Crippen molar-refractivity contribution in [2.45, 2.75) is 26.3 Å². The number of aryl methyl sites for hydroxylation is 1. The van der Waals surface area contributed by atoms with E-state index in [1.165, 1.54) is 0 Å². The second kappa shape index (κ2) is 3.62. The number of nitrogens with two attached hydrogens (primary N) is 1. The molecule has 1 aromatic heterocycles. The zero-order valence-corrected chi connectivity index (χ0v) is 7.73. The molecule has 0 radical (unpaired) electrons. The van der Waals surface area contributed by atoms with Gasteiger partial charge in [-0.25, -0.2) is 4.68 Å². The van der Waals surface area contributed by atoms with E-state index in [0.29, 0.717) is 5.92 Å². The van der Waals surface area contributed by atoms with Crippen molar-refractivity contribution in [2.75, 3.05) is 0 Å². The molecular weight excluding hydrogens is 154 g/mol. The molecule has 1 unspecified atom stereocenters. The first kappa shape index (κ1) is 9.12. The Kier molecular flexibility index (Phi) is 2.75. The van der Waals surface area contributed by atoms with Gasteiger partial charge in [0.05, 0.1) is 0 Å². The maximum atomic E-state index is 5.87. The molecule has 0 aliphatic carbocycles. The molecule has 68 valence electrons. The van der Waals surface area contributed by atoms with E-state index >= 15 is 0 Å². The van der Waals surface area contributed by atoms with E-state index in [1.54, 1.807) is 4.68 Å². The van der Waals surface area contributed by atoms with Gasteiger partial charge in [0.1, 0.15) is 0 Å². The largest absolute Gasteiger partial charge is 0.327 e. The Morgan fingerprint density at radius 2 is 2.17 bits per heavy atom. The molecule has 1 heterocycles. The van der Waals surface area contributed by atoms with Crippen LogP contribution in [-0.4, -0.2) is 26.2 Å². The molecule has 0 aliphatic heterocycles. The number of hydrogen-bond acceptors (Lipinski definition) is 4. The second-order valence-corrected chi connectivity index (χ2v) is 3.33. The van der Waals surface area contributed by atoms with Gasteiger partial charge in [-0.15, -0.1) is 5.10 Å². The molecule has 0 saturated heterocycles. The van der Waals surface area contributed by atoms with Crippen molar-refractivity contribution in [3.8, 4) is 0 Å². The Morgan fingerprint density at radius 1 is 1.50 bits per heavy atom. The van der Waals surface area contributed by atoms with Crippen LogP contribution in [0.15, 0.2) is 0 Å². The molecule has 5 heteroatoms. The lowest BCUT2D eigenvalue weighted by Crippen LogP contribution is -2.30. The predicted molar refractivity (Wildman–Crippen MR) is 45.3 cm³/mol. The standard InChI is InChI=1S/C7H15N5/c1-5(2)6(8)4-7-9-10-11-12(7)3/h5-6H,4,8H2,1-3H3. The average Bonchev–Trinajstić information content (AvgIpc) is 2.36. The van der Waals surface area contributed by atoms with Crippen molar-refractivity contribution in [2.24, 2.45) is 18.7 Å². The van der Waals surface area contributed by atoms with Crippen molar-refractivity contribution in [3.63, 3.8) is 0 Å². The summed E-state index contributed by atoms with van der Waals surface area (Å²) in [6.07, 6.45) is 0.737. The van der Waals surface area contributed by atoms with Gasteiger partial charge in [0.15, 0.2) is 5.82 Å². The van der Waals surface area contributed by atoms with Gasteiger partial charge in [-0.1, -0.05) is 13.8 Å². The summed E-state index contributed by atoms with van der Waals surface area (Å²) in [5, 5.41) is 11.1. The number of aromatic nitrogens is 4. The van der Waals surface area contributed by atoms with Gasteiger partial charge in [0.25, 0.3) is 0 Å². The third-order valence-electron chi connectivity index (χ3n) is 1.98. The molecule has 2 N–H and O–H groups in total. The van der Waals surface area contributed by atoms with Crippen LogP contribution >= 0.6 is 0 Å². The summed E-state index contributed by atoms with van der Waals surface area (Å²) in [6, 6.07) is 0.134. The van der Waals surface area contributed by atoms with Crippen molar-refractivity contribution in [1.29, 1.82) is 0 Å². The van der Waals surface area contributed by atoms with Crippen LogP contribution in [0.25, 0.3) is 0 Å². The molecule has 0 aromatic carbocycles. The Labute approximate surface area is 71.9 Å². The van der Waals surface area contributed by atoms with Gasteiger partial charge in [-0.2, -0.15) is 0 Å². The lowest BCUT2D eigenvalue weighted by Gasteiger charge is -2.13. The average molecular weight is 169 g/mol. The monoisotopic (exact) mass is 169 g/mol. The lowest BCUT2D eigenvalue weighted by molar-refractivity contribution is 0.473. The molecule has 1 rings (SSSR count). The third kappa shape index (κ3) is 2.01. The van der Waals surface area contributed by atoms with Gasteiger partial charge in [0, 0.05) is 19.5 Å². The van der Waals surface area contributed by atoms with Crippen LogP contribution in [0.4, 0.5) is 0 Å². The van der Waals surface area contributed by atoms with Crippen LogP contribution in [-0.2, 0) is 13.5 Å². The summed E-state index contributed by atoms with van der Waals surface area (Å²) in [7, 11) is 1.82. The summed E-state index contributed by atoms with van der Waals surface area (Å²) in [6.45, 7) is 4.18. The van der Waals surface area contributed by atoms with E-state index in [4.69, 9.17) is 5.73 Å². The van der Waals surface area contributed by atoms with Gasteiger partial charge in [-0.05, 0) is 16.3 Å². The van der Waals surface area contributed by atoms with Gasteiger partial charge in [-0.3, -0.25) is 0 Å².